The zero-order chi connectivity index (χ0) is 25.3. The van der Waals surface area contributed by atoms with Gasteiger partial charge in [0.25, 0.3) is 0 Å². The number of nitrogens with one attached hydrogen (secondary N) is 2. The number of carbonyl (C=O) groups excluding carboxylic acids is 3. The number of nitrogens with zero attached hydrogens (tertiary/aromatic N) is 1. The molecule has 0 heterocycles. The number of ether oxygens (including phenoxy) is 1. The molecule has 7 nitrogen and oxygen atoms in total. The maximum Gasteiger partial charge on any atom is 0.408 e. The highest BCUT2D eigenvalue weighted by Crippen LogP contribution is 2.26. The Morgan fingerprint density at radius 2 is 1.67 bits per heavy atom. The molecule has 0 radical (unpaired) electrons. The maximum atomic E-state index is 13.5. The van der Waals surface area contributed by atoms with Gasteiger partial charge in [-0.05, 0) is 78.5 Å². The van der Waals surface area contributed by atoms with E-state index in [9.17, 15) is 14.4 Å². The van der Waals surface area contributed by atoms with Crippen LogP contribution in [-0.2, 0) is 14.3 Å². The molecule has 0 aliphatic rings. The SMILES string of the molecule is CCCCCNC(=O)C(c1ccc(C)c(C)c1)N(C(=O)C(C)NC(=O)OC(C)(C)C)C(C)C. The molecule has 1 aromatic rings. The molecule has 186 valence electrons. The molecule has 1 aromatic carbocycles. The lowest BCUT2D eigenvalue weighted by Crippen LogP contribution is -2.54. The quantitative estimate of drug-likeness (QED) is 0.490. The van der Waals surface area contributed by atoms with Crippen LogP contribution in [0.3, 0.4) is 0 Å². The molecular formula is C26H43N3O4. The first-order valence-electron chi connectivity index (χ1n) is 11.9. The summed E-state index contributed by atoms with van der Waals surface area (Å²) in [5.74, 6) is -0.566. The van der Waals surface area contributed by atoms with Gasteiger partial charge in [-0.2, -0.15) is 0 Å². The van der Waals surface area contributed by atoms with Crippen LogP contribution in [0.15, 0.2) is 18.2 Å². The Morgan fingerprint density at radius 3 is 2.18 bits per heavy atom. The minimum absolute atomic E-state index is 0.221. The number of hydrogen-bond donors (Lipinski definition) is 2. The van der Waals surface area contributed by atoms with Crippen molar-refractivity contribution in [1.29, 1.82) is 0 Å². The van der Waals surface area contributed by atoms with E-state index in [0.717, 1.165) is 36.0 Å². The van der Waals surface area contributed by atoms with Gasteiger partial charge in [-0.1, -0.05) is 38.0 Å². The van der Waals surface area contributed by atoms with Crippen molar-refractivity contribution in [3.63, 3.8) is 0 Å². The van der Waals surface area contributed by atoms with Crippen LogP contribution in [0.2, 0.25) is 0 Å². The van der Waals surface area contributed by atoms with Crippen molar-refractivity contribution in [1.82, 2.24) is 15.5 Å². The molecule has 7 heteroatoms. The van der Waals surface area contributed by atoms with Gasteiger partial charge in [-0.3, -0.25) is 9.59 Å². The van der Waals surface area contributed by atoms with Crippen molar-refractivity contribution in [2.24, 2.45) is 0 Å². The number of hydrogen-bond acceptors (Lipinski definition) is 4. The fourth-order valence-electron chi connectivity index (χ4n) is 3.51. The summed E-state index contributed by atoms with van der Waals surface area (Å²) in [4.78, 5) is 40.7. The Hall–Kier alpha value is -2.57. The van der Waals surface area contributed by atoms with Crippen molar-refractivity contribution < 1.29 is 19.1 Å². The van der Waals surface area contributed by atoms with E-state index < -0.39 is 23.8 Å². The molecule has 0 aliphatic heterocycles. The first-order chi connectivity index (χ1) is 15.3. The van der Waals surface area contributed by atoms with Gasteiger partial charge in [0.05, 0.1) is 0 Å². The molecule has 0 fully saturated rings. The molecule has 33 heavy (non-hydrogen) atoms. The van der Waals surface area contributed by atoms with E-state index in [-0.39, 0.29) is 17.9 Å². The second-order valence-corrected chi connectivity index (χ2v) is 9.95. The third kappa shape index (κ3) is 9.06. The van der Waals surface area contributed by atoms with Crippen molar-refractivity contribution in [2.45, 2.75) is 105 Å². The second-order valence-electron chi connectivity index (χ2n) is 9.95. The molecule has 0 aromatic heterocycles. The Balaban J connectivity index is 3.25. The summed E-state index contributed by atoms with van der Waals surface area (Å²) >= 11 is 0. The van der Waals surface area contributed by atoms with E-state index in [4.69, 9.17) is 4.74 Å². The Bertz CT molecular complexity index is 814. The van der Waals surface area contributed by atoms with E-state index >= 15 is 0 Å². The van der Waals surface area contributed by atoms with Gasteiger partial charge in [0, 0.05) is 12.6 Å². The lowest BCUT2D eigenvalue weighted by molar-refractivity contribution is -0.144. The van der Waals surface area contributed by atoms with Crippen molar-refractivity contribution in [3.8, 4) is 0 Å². The van der Waals surface area contributed by atoms with E-state index in [1.807, 2.05) is 45.9 Å². The minimum atomic E-state index is -0.857. The van der Waals surface area contributed by atoms with E-state index in [1.165, 1.54) is 0 Å². The highest BCUT2D eigenvalue weighted by molar-refractivity contribution is 5.92. The van der Waals surface area contributed by atoms with Gasteiger partial charge in [0.1, 0.15) is 17.7 Å². The number of amides is 3. The standard InChI is InChI=1S/C26H43N3O4/c1-10-11-12-15-27-23(30)22(21-14-13-18(4)19(5)16-21)29(17(2)3)24(31)20(6)28-25(32)33-26(7,8)9/h13-14,16-17,20,22H,10-12,15H2,1-9H3,(H,27,30)(H,28,32). The fraction of sp³-hybridized carbons (Fsp3) is 0.654. The topological polar surface area (TPSA) is 87.7 Å². The lowest BCUT2D eigenvalue weighted by atomic mass is 9.97. The van der Waals surface area contributed by atoms with Crippen LogP contribution < -0.4 is 10.6 Å². The summed E-state index contributed by atoms with van der Waals surface area (Å²) < 4.78 is 5.30. The van der Waals surface area contributed by atoms with Gasteiger partial charge >= 0.3 is 6.09 Å². The Labute approximate surface area is 199 Å². The van der Waals surface area contributed by atoms with Gasteiger partial charge in [0.15, 0.2) is 0 Å². The van der Waals surface area contributed by atoms with Crippen molar-refractivity contribution >= 4 is 17.9 Å². The summed E-state index contributed by atoms with van der Waals surface area (Å²) in [6.07, 6.45) is 2.30. The largest absolute Gasteiger partial charge is 0.444 e. The average Bonchev–Trinajstić information content (AvgIpc) is 2.69. The Kier molecular flexibility index (Phi) is 10.9. The summed E-state index contributed by atoms with van der Waals surface area (Å²) in [7, 11) is 0. The molecular weight excluding hydrogens is 418 g/mol. The first kappa shape index (κ1) is 28.5. The molecule has 2 atom stereocenters. The fourth-order valence-corrected chi connectivity index (χ4v) is 3.51. The first-order valence-corrected chi connectivity index (χ1v) is 11.9. The highest BCUT2D eigenvalue weighted by atomic mass is 16.6. The minimum Gasteiger partial charge on any atom is -0.444 e. The van der Waals surface area contributed by atoms with Gasteiger partial charge in [0.2, 0.25) is 11.8 Å². The zero-order valence-electron chi connectivity index (χ0n) is 21.9. The molecule has 2 unspecified atom stereocenters. The molecule has 0 bridgehead atoms. The van der Waals surface area contributed by atoms with E-state index in [0.29, 0.717) is 6.54 Å². The number of carbonyl (C=O) groups is 3. The number of alkyl carbamates (subject to hydrolysis) is 1. The number of benzene rings is 1. The summed E-state index contributed by atoms with van der Waals surface area (Å²) in [5.41, 5.74) is 2.23. The van der Waals surface area contributed by atoms with Gasteiger partial charge < -0.3 is 20.3 Å². The lowest BCUT2D eigenvalue weighted by Gasteiger charge is -2.36. The normalized spacial score (nSPS) is 13.3. The van der Waals surface area contributed by atoms with Crippen LogP contribution in [0.4, 0.5) is 4.79 Å². The predicted molar refractivity (Wildman–Crippen MR) is 132 cm³/mol. The number of aryl methyl sites for hydroxylation is 2. The average molecular weight is 462 g/mol. The second kappa shape index (κ2) is 12.6. The van der Waals surface area contributed by atoms with Gasteiger partial charge in [-0.25, -0.2) is 4.79 Å². The van der Waals surface area contributed by atoms with E-state index in [1.54, 1.807) is 32.6 Å². The monoisotopic (exact) mass is 461 g/mol. The molecule has 0 aliphatic carbocycles. The molecule has 3 amide bonds. The molecule has 2 N–H and O–H groups in total. The molecule has 1 rings (SSSR count). The van der Waals surface area contributed by atoms with E-state index in [2.05, 4.69) is 17.6 Å². The van der Waals surface area contributed by atoms with Crippen LogP contribution in [-0.4, -0.2) is 47.0 Å². The summed E-state index contributed by atoms with van der Waals surface area (Å²) in [6, 6.07) is 3.89. The molecule has 0 spiro atoms. The van der Waals surface area contributed by atoms with Crippen LogP contribution >= 0.6 is 0 Å². The third-order valence-corrected chi connectivity index (χ3v) is 5.37. The Morgan fingerprint density at radius 1 is 1.03 bits per heavy atom. The van der Waals surface area contributed by atoms with Crippen LogP contribution in [0.5, 0.6) is 0 Å². The maximum absolute atomic E-state index is 13.5. The highest BCUT2D eigenvalue weighted by Gasteiger charge is 2.36. The van der Waals surface area contributed by atoms with Crippen LogP contribution in [0.1, 0.15) is 90.5 Å². The number of unbranched alkanes of at least 4 members (excludes halogenated alkanes) is 2. The number of rotatable bonds is 10. The molecule has 0 saturated carbocycles. The van der Waals surface area contributed by atoms with Crippen molar-refractivity contribution in [2.75, 3.05) is 6.54 Å². The molecule has 0 saturated heterocycles. The zero-order valence-corrected chi connectivity index (χ0v) is 21.9. The van der Waals surface area contributed by atoms with Gasteiger partial charge in [-0.15, -0.1) is 0 Å². The van der Waals surface area contributed by atoms with Crippen LogP contribution in [0.25, 0.3) is 0 Å². The smallest absolute Gasteiger partial charge is 0.408 e. The summed E-state index contributed by atoms with van der Waals surface area (Å²) in [6.45, 7) is 17.3. The summed E-state index contributed by atoms with van der Waals surface area (Å²) in [5, 5.41) is 5.62. The third-order valence-electron chi connectivity index (χ3n) is 5.37. The van der Waals surface area contributed by atoms with Crippen molar-refractivity contribution in [3.05, 3.63) is 34.9 Å². The van der Waals surface area contributed by atoms with Crippen LogP contribution in [0, 0.1) is 13.8 Å². The predicted octanol–water partition coefficient (Wildman–Crippen LogP) is 4.80.